The number of benzene rings is 2. The number of hydrogen-bond donors (Lipinski definition) is 1. The number of nitrogens with zero attached hydrogens (tertiary/aromatic N) is 2. The summed E-state index contributed by atoms with van der Waals surface area (Å²) in [6.45, 7) is 6.36. The van der Waals surface area contributed by atoms with Crippen molar-refractivity contribution in [3.05, 3.63) is 60.2 Å². The number of ether oxygens (including phenoxy) is 1. The summed E-state index contributed by atoms with van der Waals surface area (Å²) in [7, 11) is -3.86. The second-order valence-electron chi connectivity index (χ2n) is 7.32. The molecule has 0 spiro atoms. The van der Waals surface area contributed by atoms with E-state index < -0.39 is 10.0 Å². The average Bonchev–Trinajstić information content (AvgIpc) is 2.77. The van der Waals surface area contributed by atoms with E-state index >= 15 is 0 Å². The Morgan fingerprint density at radius 2 is 1.73 bits per heavy atom. The molecule has 162 valence electrons. The van der Waals surface area contributed by atoms with Crippen LogP contribution in [0.5, 0.6) is 0 Å². The lowest BCUT2D eigenvalue weighted by atomic mass is 10.2. The molecule has 1 fully saturated rings. The van der Waals surface area contributed by atoms with Gasteiger partial charge in [0, 0.05) is 19.6 Å². The zero-order chi connectivity index (χ0) is 21.4. The third-order valence-electron chi connectivity index (χ3n) is 5.02. The minimum absolute atomic E-state index is 0.158. The first kappa shape index (κ1) is 22.3. The molecule has 1 aliphatic heterocycles. The summed E-state index contributed by atoms with van der Waals surface area (Å²) in [5.74, 6) is -0.322. The molecule has 1 heterocycles. The number of aryl methyl sites for hydroxylation is 1. The third kappa shape index (κ3) is 6.04. The number of anilines is 1. The van der Waals surface area contributed by atoms with E-state index in [1.165, 1.54) is 16.4 Å². The van der Waals surface area contributed by atoms with Gasteiger partial charge in [0.05, 0.1) is 23.8 Å². The minimum atomic E-state index is -3.86. The van der Waals surface area contributed by atoms with Crippen molar-refractivity contribution in [1.82, 2.24) is 10.2 Å². The highest BCUT2D eigenvalue weighted by Crippen LogP contribution is 2.23. The SMILES string of the molecule is Cc1ccc(N(CC(=O)NCCCN2CCOCC2)S(=O)(=O)c2ccccc2)cc1. The van der Waals surface area contributed by atoms with Gasteiger partial charge in [-0.25, -0.2) is 8.42 Å². The molecule has 1 saturated heterocycles. The monoisotopic (exact) mass is 431 g/mol. The molecule has 8 heteroatoms. The van der Waals surface area contributed by atoms with E-state index in [0.29, 0.717) is 12.2 Å². The first-order valence-corrected chi connectivity index (χ1v) is 11.6. The van der Waals surface area contributed by atoms with Gasteiger partial charge in [0.15, 0.2) is 0 Å². The van der Waals surface area contributed by atoms with Crippen molar-refractivity contribution in [2.45, 2.75) is 18.2 Å². The van der Waals surface area contributed by atoms with Crippen LogP contribution in [0, 0.1) is 6.92 Å². The maximum atomic E-state index is 13.2. The van der Waals surface area contributed by atoms with Crippen molar-refractivity contribution in [3.63, 3.8) is 0 Å². The number of morpholine rings is 1. The Hall–Kier alpha value is -2.42. The Kier molecular flexibility index (Phi) is 7.84. The van der Waals surface area contributed by atoms with Crippen molar-refractivity contribution in [2.24, 2.45) is 0 Å². The van der Waals surface area contributed by atoms with Crippen LogP contribution in [0.3, 0.4) is 0 Å². The number of amides is 1. The average molecular weight is 432 g/mol. The summed E-state index contributed by atoms with van der Waals surface area (Å²) < 4.78 is 32.9. The number of hydrogen-bond acceptors (Lipinski definition) is 5. The van der Waals surface area contributed by atoms with Gasteiger partial charge < -0.3 is 10.1 Å². The molecule has 1 N–H and O–H groups in total. The van der Waals surface area contributed by atoms with E-state index in [1.54, 1.807) is 30.3 Å². The first-order valence-electron chi connectivity index (χ1n) is 10.2. The van der Waals surface area contributed by atoms with Gasteiger partial charge in [-0.05, 0) is 44.2 Å². The Bertz CT molecular complexity index is 911. The summed E-state index contributed by atoms with van der Waals surface area (Å²) in [5.41, 5.74) is 1.48. The van der Waals surface area contributed by atoms with Crippen molar-refractivity contribution >= 4 is 21.6 Å². The minimum Gasteiger partial charge on any atom is -0.379 e. The molecule has 2 aromatic carbocycles. The fraction of sp³-hybridized carbons (Fsp3) is 0.409. The highest BCUT2D eigenvalue weighted by molar-refractivity contribution is 7.92. The molecule has 0 atom stereocenters. The highest BCUT2D eigenvalue weighted by Gasteiger charge is 2.27. The normalized spacial score (nSPS) is 15.0. The van der Waals surface area contributed by atoms with E-state index in [4.69, 9.17) is 4.74 Å². The van der Waals surface area contributed by atoms with Crippen LogP contribution in [0.4, 0.5) is 5.69 Å². The predicted molar refractivity (Wildman–Crippen MR) is 117 cm³/mol. The molecule has 30 heavy (non-hydrogen) atoms. The molecule has 0 saturated carbocycles. The van der Waals surface area contributed by atoms with Gasteiger partial charge >= 0.3 is 0 Å². The number of nitrogens with one attached hydrogen (secondary N) is 1. The van der Waals surface area contributed by atoms with Gasteiger partial charge in [-0.2, -0.15) is 0 Å². The largest absolute Gasteiger partial charge is 0.379 e. The second-order valence-corrected chi connectivity index (χ2v) is 9.18. The molecule has 0 bridgehead atoms. The molecular formula is C22H29N3O4S. The Morgan fingerprint density at radius 1 is 1.07 bits per heavy atom. The number of rotatable bonds is 9. The molecule has 0 radical (unpaired) electrons. The first-order chi connectivity index (χ1) is 14.5. The van der Waals surface area contributed by atoms with Gasteiger partial charge in [0.25, 0.3) is 10.0 Å². The topological polar surface area (TPSA) is 79.0 Å². The van der Waals surface area contributed by atoms with Crippen LogP contribution >= 0.6 is 0 Å². The van der Waals surface area contributed by atoms with Gasteiger partial charge in [-0.1, -0.05) is 35.9 Å². The molecular weight excluding hydrogens is 402 g/mol. The predicted octanol–water partition coefficient (Wildman–Crippen LogP) is 2.03. The van der Waals surface area contributed by atoms with Gasteiger partial charge in [-0.3, -0.25) is 14.0 Å². The quantitative estimate of drug-likeness (QED) is 0.615. The van der Waals surface area contributed by atoms with Gasteiger partial charge in [0.1, 0.15) is 6.54 Å². The molecule has 7 nitrogen and oxygen atoms in total. The molecule has 0 aliphatic carbocycles. The van der Waals surface area contributed by atoms with Crippen molar-refractivity contribution in [1.29, 1.82) is 0 Å². The van der Waals surface area contributed by atoms with Crippen LogP contribution in [0.15, 0.2) is 59.5 Å². The third-order valence-corrected chi connectivity index (χ3v) is 6.81. The maximum Gasteiger partial charge on any atom is 0.264 e. The lowest BCUT2D eigenvalue weighted by Crippen LogP contribution is -2.42. The standard InChI is InChI=1S/C22H29N3O4S/c1-19-8-10-20(11-9-19)25(30(27,28)21-6-3-2-4-7-21)18-22(26)23-12-5-13-24-14-16-29-17-15-24/h2-4,6-11H,5,12-18H2,1H3,(H,23,26). The molecule has 1 amide bonds. The lowest BCUT2D eigenvalue weighted by Gasteiger charge is -2.26. The summed E-state index contributed by atoms with van der Waals surface area (Å²) in [4.78, 5) is 15.0. The van der Waals surface area contributed by atoms with Crippen molar-refractivity contribution in [2.75, 3.05) is 50.2 Å². The lowest BCUT2D eigenvalue weighted by molar-refractivity contribution is -0.119. The Balaban J connectivity index is 1.65. The molecule has 0 unspecified atom stereocenters. The number of sulfonamides is 1. The molecule has 1 aliphatic rings. The van der Waals surface area contributed by atoms with E-state index in [2.05, 4.69) is 10.2 Å². The Morgan fingerprint density at radius 3 is 2.40 bits per heavy atom. The van der Waals surface area contributed by atoms with Crippen molar-refractivity contribution < 1.29 is 17.9 Å². The van der Waals surface area contributed by atoms with E-state index in [9.17, 15) is 13.2 Å². The maximum absolute atomic E-state index is 13.2. The summed E-state index contributed by atoms with van der Waals surface area (Å²) in [6.07, 6.45) is 0.807. The van der Waals surface area contributed by atoms with E-state index in [1.807, 2.05) is 19.1 Å². The van der Waals surface area contributed by atoms with Crippen LogP contribution in [-0.2, 0) is 19.6 Å². The Labute approximate surface area is 178 Å². The van der Waals surface area contributed by atoms with E-state index in [0.717, 1.165) is 44.8 Å². The fourth-order valence-corrected chi connectivity index (χ4v) is 4.73. The van der Waals surface area contributed by atoms with Crippen molar-refractivity contribution in [3.8, 4) is 0 Å². The molecule has 0 aromatic heterocycles. The van der Waals surface area contributed by atoms with Crippen LogP contribution in [-0.4, -0.2) is 65.2 Å². The van der Waals surface area contributed by atoms with Gasteiger partial charge in [0.2, 0.25) is 5.91 Å². The van der Waals surface area contributed by atoms with Crippen LogP contribution < -0.4 is 9.62 Å². The summed E-state index contributed by atoms with van der Waals surface area (Å²) in [6, 6.07) is 15.3. The summed E-state index contributed by atoms with van der Waals surface area (Å²) >= 11 is 0. The zero-order valence-electron chi connectivity index (χ0n) is 17.3. The molecule has 3 rings (SSSR count). The zero-order valence-corrected chi connectivity index (χ0v) is 18.1. The second kappa shape index (κ2) is 10.6. The molecule has 2 aromatic rings. The highest BCUT2D eigenvalue weighted by atomic mass is 32.2. The van der Waals surface area contributed by atoms with Crippen LogP contribution in [0.2, 0.25) is 0 Å². The van der Waals surface area contributed by atoms with Crippen LogP contribution in [0.25, 0.3) is 0 Å². The fourth-order valence-electron chi connectivity index (χ4n) is 3.29. The van der Waals surface area contributed by atoms with Crippen LogP contribution in [0.1, 0.15) is 12.0 Å². The number of carbonyl (C=O) groups is 1. The van der Waals surface area contributed by atoms with E-state index in [-0.39, 0.29) is 17.3 Å². The van der Waals surface area contributed by atoms with Gasteiger partial charge in [-0.15, -0.1) is 0 Å². The number of carbonyl (C=O) groups excluding carboxylic acids is 1. The summed E-state index contributed by atoms with van der Waals surface area (Å²) in [5, 5.41) is 2.85. The smallest absolute Gasteiger partial charge is 0.264 e.